The van der Waals surface area contributed by atoms with E-state index in [1.165, 1.54) is 24.4 Å². The van der Waals surface area contributed by atoms with E-state index >= 15 is 0 Å². The standard InChI is InChI=1S/C24H31N3O5S/c1-15-8-10-27(11-9-15)33(30,31)23-13-19(12-16(2)17(23)3)24(29)26-21-14-20(25-18(4)28)6-7-22(21)32-5/h6-7,12-15H,8-11H2,1-5H3,(H,25,28)(H,26,29). The molecular formula is C24H31N3O5S. The number of carbonyl (C=O) groups excluding carboxylic acids is 2. The minimum Gasteiger partial charge on any atom is -0.495 e. The first-order chi connectivity index (χ1) is 15.5. The van der Waals surface area contributed by atoms with Crippen molar-refractivity contribution in [3.63, 3.8) is 0 Å². The molecule has 0 radical (unpaired) electrons. The predicted molar refractivity (Wildman–Crippen MR) is 128 cm³/mol. The molecule has 33 heavy (non-hydrogen) atoms. The van der Waals surface area contributed by atoms with Crippen molar-refractivity contribution in [3.05, 3.63) is 47.0 Å². The number of hydrogen-bond acceptors (Lipinski definition) is 5. The molecule has 0 bridgehead atoms. The number of carbonyl (C=O) groups is 2. The highest BCUT2D eigenvalue weighted by Crippen LogP contribution is 2.31. The van der Waals surface area contributed by atoms with Crippen LogP contribution < -0.4 is 15.4 Å². The smallest absolute Gasteiger partial charge is 0.255 e. The van der Waals surface area contributed by atoms with Gasteiger partial charge in [0.25, 0.3) is 5.91 Å². The number of ether oxygens (including phenoxy) is 1. The molecule has 0 unspecified atom stereocenters. The van der Waals surface area contributed by atoms with E-state index in [-0.39, 0.29) is 16.4 Å². The summed E-state index contributed by atoms with van der Waals surface area (Å²) in [5.41, 5.74) is 2.44. The predicted octanol–water partition coefficient (Wildman–Crippen LogP) is 3.94. The fraction of sp³-hybridized carbons (Fsp3) is 0.417. The van der Waals surface area contributed by atoms with Crippen LogP contribution in [0.1, 0.15) is 48.2 Å². The molecule has 1 aliphatic heterocycles. The molecule has 2 amide bonds. The molecule has 0 spiro atoms. The Bertz CT molecular complexity index is 1170. The monoisotopic (exact) mass is 473 g/mol. The van der Waals surface area contributed by atoms with Crippen molar-refractivity contribution >= 4 is 33.2 Å². The van der Waals surface area contributed by atoms with Crippen LogP contribution in [0.3, 0.4) is 0 Å². The number of piperidine rings is 1. The highest BCUT2D eigenvalue weighted by Gasteiger charge is 2.30. The number of rotatable bonds is 6. The second-order valence-corrected chi connectivity index (χ2v) is 10.5. The van der Waals surface area contributed by atoms with Crippen LogP contribution in [-0.4, -0.2) is 44.7 Å². The van der Waals surface area contributed by atoms with Gasteiger partial charge in [0.15, 0.2) is 0 Å². The molecule has 1 heterocycles. The summed E-state index contributed by atoms with van der Waals surface area (Å²) in [7, 11) is -2.24. The van der Waals surface area contributed by atoms with Gasteiger partial charge in [-0.15, -0.1) is 0 Å². The number of nitrogens with zero attached hydrogens (tertiary/aromatic N) is 1. The summed E-state index contributed by atoms with van der Waals surface area (Å²) in [6, 6.07) is 8.00. The van der Waals surface area contributed by atoms with Gasteiger partial charge in [-0.1, -0.05) is 6.92 Å². The molecule has 0 saturated carbocycles. The van der Waals surface area contributed by atoms with E-state index in [0.29, 0.717) is 47.3 Å². The van der Waals surface area contributed by atoms with E-state index < -0.39 is 15.9 Å². The zero-order valence-electron chi connectivity index (χ0n) is 19.7. The van der Waals surface area contributed by atoms with Gasteiger partial charge in [-0.25, -0.2) is 8.42 Å². The number of anilines is 2. The van der Waals surface area contributed by atoms with E-state index in [4.69, 9.17) is 4.74 Å². The van der Waals surface area contributed by atoms with Crippen LogP contribution in [-0.2, 0) is 14.8 Å². The maximum absolute atomic E-state index is 13.4. The van der Waals surface area contributed by atoms with E-state index in [0.717, 1.165) is 12.8 Å². The van der Waals surface area contributed by atoms with Gasteiger partial charge < -0.3 is 15.4 Å². The molecule has 1 aliphatic rings. The van der Waals surface area contributed by atoms with E-state index in [1.807, 2.05) is 0 Å². The molecule has 1 fully saturated rings. The number of nitrogens with one attached hydrogen (secondary N) is 2. The third kappa shape index (κ3) is 5.54. The van der Waals surface area contributed by atoms with Crippen LogP contribution in [0.15, 0.2) is 35.2 Å². The molecule has 2 N–H and O–H groups in total. The van der Waals surface area contributed by atoms with Gasteiger partial charge in [-0.2, -0.15) is 4.31 Å². The van der Waals surface area contributed by atoms with Crippen LogP contribution in [0.2, 0.25) is 0 Å². The van der Waals surface area contributed by atoms with Crippen molar-refractivity contribution in [1.29, 1.82) is 0 Å². The lowest BCUT2D eigenvalue weighted by Crippen LogP contribution is -2.38. The molecule has 0 aliphatic carbocycles. The first kappa shape index (κ1) is 24.7. The van der Waals surface area contributed by atoms with E-state index in [9.17, 15) is 18.0 Å². The summed E-state index contributed by atoms with van der Waals surface area (Å²) in [5, 5.41) is 5.44. The lowest BCUT2D eigenvalue weighted by Gasteiger charge is -2.30. The SMILES string of the molecule is COc1ccc(NC(C)=O)cc1NC(=O)c1cc(C)c(C)c(S(=O)(=O)N2CCC(C)CC2)c1. The lowest BCUT2D eigenvalue weighted by molar-refractivity contribution is -0.114. The van der Waals surface area contributed by atoms with Crippen molar-refractivity contribution < 1.29 is 22.7 Å². The van der Waals surface area contributed by atoms with Gasteiger partial charge in [0.2, 0.25) is 15.9 Å². The van der Waals surface area contributed by atoms with Gasteiger partial charge >= 0.3 is 0 Å². The third-order valence-corrected chi connectivity index (χ3v) is 8.04. The van der Waals surface area contributed by atoms with Crippen molar-refractivity contribution in [2.45, 2.75) is 45.4 Å². The number of sulfonamides is 1. The molecular weight excluding hydrogens is 442 g/mol. The number of aryl methyl sites for hydroxylation is 1. The summed E-state index contributed by atoms with van der Waals surface area (Å²) in [6.45, 7) is 8.02. The van der Waals surface area contributed by atoms with Gasteiger partial charge in [0.05, 0.1) is 17.7 Å². The zero-order chi connectivity index (χ0) is 24.3. The van der Waals surface area contributed by atoms with Gasteiger partial charge in [-0.3, -0.25) is 9.59 Å². The third-order valence-electron chi connectivity index (χ3n) is 6.01. The highest BCUT2D eigenvalue weighted by molar-refractivity contribution is 7.89. The van der Waals surface area contributed by atoms with Gasteiger partial charge in [-0.05, 0) is 74.1 Å². The largest absolute Gasteiger partial charge is 0.495 e. The number of benzene rings is 2. The Morgan fingerprint density at radius 1 is 1.06 bits per heavy atom. The number of hydrogen-bond donors (Lipinski definition) is 2. The fourth-order valence-electron chi connectivity index (χ4n) is 3.87. The molecule has 8 nitrogen and oxygen atoms in total. The average molecular weight is 474 g/mol. The van der Waals surface area contributed by atoms with Crippen molar-refractivity contribution in [2.24, 2.45) is 5.92 Å². The first-order valence-corrected chi connectivity index (χ1v) is 12.3. The maximum Gasteiger partial charge on any atom is 0.255 e. The Labute approximate surface area is 195 Å². The Hall–Kier alpha value is -2.91. The second kappa shape index (κ2) is 9.93. The fourth-order valence-corrected chi connectivity index (χ4v) is 5.67. The second-order valence-electron chi connectivity index (χ2n) is 8.55. The summed E-state index contributed by atoms with van der Waals surface area (Å²) in [4.78, 5) is 24.7. The zero-order valence-corrected chi connectivity index (χ0v) is 20.5. The normalized spacial score (nSPS) is 15.2. The van der Waals surface area contributed by atoms with Crippen molar-refractivity contribution in [2.75, 3.05) is 30.8 Å². The van der Waals surface area contributed by atoms with Crippen LogP contribution in [0.4, 0.5) is 11.4 Å². The highest BCUT2D eigenvalue weighted by atomic mass is 32.2. The van der Waals surface area contributed by atoms with Gasteiger partial charge in [0.1, 0.15) is 5.75 Å². The minimum atomic E-state index is -3.72. The molecule has 2 aromatic rings. The molecule has 0 atom stereocenters. The van der Waals surface area contributed by atoms with E-state index in [1.54, 1.807) is 38.1 Å². The van der Waals surface area contributed by atoms with Crippen molar-refractivity contribution in [1.82, 2.24) is 4.31 Å². The summed E-state index contributed by atoms with van der Waals surface area (Å²) in [6.07, 6.45) is 1.64. The Balaban J connectivity index is 1.94. The molecule has 0 aromatic heterocycles. The summed E-state index contributed by atoms with van der Waals surface area (Å²) in [5.74, 6) is 0.199. The lowest BCUT2D eigenvalue weighted by atomic mass is 10.0. The Morgan fingerprint density at radius 3 is 2.33 bits per heavy atom. The Morgan fingerprint density at radius 2 is 1.73 bits per heavy atom. The molecule has 9 heteroatoms. The number of amides is 2. The first-order valence-electron chi connectivity index (χ1n) is 10.9. The quantitative estimate of drug-likeness (QED) is 0.661. The van der Waals surface area contributed by atoms with Crippen LogP contribution in [0, 0.1) is 19.8 Å². The molecule has 3 rings (SSSR count). The van der Waals surface area contributed by atoms with Gasteiger partial charge in [0, 0.05) is 31.3 Å². The molecule has 1 saturated heterocycles. The van der Waals surface area contributed by atoms with Crippen molar-refractivity contribution in [3.8, 4) is 5.75 Å². The minimum absolute atomic E-state index is 0.154. The average Bonchev–Trinajstić information content (AvgIpc) is 2.75. The van der Waals surface area contributed by atoms with Crippen LogP contribution >= 0.6 is 0 Å². The molecule has 178 valence electrons. The van der Waals surface area contributed by atoms with E-state index in [2.05, 4.69) is 17.6 Å². The summed E-state index contributed by atoms with van der Waals surface area (Å²) < 4.78 is 33.6. The van der Waals surface area contributed by atoms with Crippen LogP contribution in [0.5, 0.6) is 5.75 Å². The summed E-state index contributed by atoms with van der Waals surface area (Å²) >= 11 is 0. The topological polar surface area (TPSA) is 105 Å². The number of methoxy groups -OCH3 is 1. The Kier molecular flexibility index (Phi) is 7.44. The molecule has 2 aromatic carbocycles. The van der Waals surface area contributed by atoms with Crippen LogP contribution in [0.25, 0.3) is 0 Å². The maximum atomic E-state index is 13.4.